The van der Waals surface area contributed by atoms with Crippen LogP contribution in [0.15, 0.2) is 62.7 Å². The van der Waals surface area contributed by atoms with E-state index in [1.54, 1.807) is 18.7 Å². The van der Waals surface area contributed by atoms with Gasteiger partial charge in [0.25, 0.3) is 5.56 Å². The predicted octanol–water partition coefficient (Wildman–Crippen LogP) is 4.53. The zero-order chi connectivity index (χ0) is 20.8. The topological polar surface area (TPSA) is 102 Å². The number of aromatic nitrogens is 6. The summed E-state index contributed by atoms with van der Waals surface area (Å²) in [5, 5.41) is 12.1. The van der Waals surface area contributed by atoms with E-state index in [9.17, 15) is 4.79 Å². The number of thiophene rings is 1. The van der Waals surface area contributed by atoms with Gasteiger partial charge in [0, 0.05) is 34.9 Å². The second kappa shape index (κ2) is 7.47. The Labute approximate surface area is 184 Å². The number of pyridine rings is 1. The average Bonchev–Trinajstić information content (AvgIpc) is 3.19. The third kappa shape index (κ3) is 3.37. The quantitative estimate of drug-likeness (QED) is 0.381. The maximum absolute atomic E-state index is 12.8. The third-order valence-corrected chi connectivity index (χ3v) is 6.96. The lowest BCUT2D eigenvalue weighted by atomic mass is 10.2. The Morgan fingerprint density at radius 1 is 1.23 bits per heavy atom. The number of aromatic amines is 1. The first-order valence-corrected chi connectivity index (χ1v) is 11.7. The molecule has 0 amide bonds. The molecule has 1 aliphatic rings. The van der Waals surface area contributed by atoms with Gasteiger partial charge in [-0.1, -0.05) is 11.8 Å². The van der Waals surface area contributed by atoms with Crippen LogP contribution < -0.4 is 5.56 Å². The predicted molar refractivity (Wildman–Crippen MR) is 119 cm³/mol. The molecular weight excluding hydrogens is 432 g/mol. The minimum atomic E-state index is -0.158. The number of hydrogen-bond donors (Lipinski definition) is 1. The van der Waals surface area contributed by atoms with Crippen molar-refractivity contribution in [3.63, 3.8) is 0 Å². The molecule has 0 bridgehead atoms. The molecule has 0 atom stereocenters. The number of thioether (sulfide) groups is 1. The first-order valence-electron chi connectivity index (χ1n) is 9.80. The number of hydrogen-bond acceptors (Lipinski definition) is 8. The van der Waals surface area contributed by atoms with Gasteiger partial charge in [0.05, 0.1) is 17.4 Å². The maximum atomic E-state index is 12.8. The van der Waals surface area contributed by atoms with Crippen molar-refractivity contribution in [3.8, 4) is 22.7 Å². The van der Waals surface area contributed by atoms with Crippen LogP contribution in [0.2, 0.25) is 0 Å². The molecule has 1 saturated carbocycles. The summed E-state index contributed by atoms with van der Waals surface area (Å²) in [6.07, 6.45) is 7.36. The summed E-state index contributed by atoms with van der Waals surface area (Å²) in [6.45, 7) is 0. The van der Waals surface area contributed by atoms with Crippen molar-refractivity contribution < 1.29 is 4.42 Å². The Bertz CT molecular complexity index is 1420. The van der Waals surface area contributed by atoms with E-state index in [0.29, 0.717) is 33.6 Å². The molecule has 0 radical (unpaired) electrons. The van der Waals surface area contributed by atoms with Crippen molar-refractivity contribution in [2.24, 2.45) is 0 Å². The molecule has 0 unspecified atom stereocenters. The van der Waals surface area contributed by atoms with E-state index in [2.05, 4.69) is 29.7 Å². The molecular formula is C21H16N6O2S2. The summed E-state index contributed by atoms with van der Waals surface area (Å²) < 4.78 is 7.65. The van der Waals surface area contributed by atoms with Gasteiger partial charge in [-0.25, -0.2) is 4.98 Å². The molecule has 1 fully saturated rings. The molecule has 5 heterocycles. The lowest BCUT2D eigenvalue weighted by molar-refractivity contribution is 0.583. The standard InChI is InChI=1S/C21H16N6O2S2/c28-19-17-14(15-2-1-9-29-15)10-30-20(17)24-16(23-19)11-31-21-26-25-18(27(21)13-3-4-13)12-5-7-22-8-6-12/h1-2,5-10,13H,3-4,11H2,(H,23,24,28). The minimum absolute atomic E-state index is 0.158. The molecule has 6 rings (SSSR count). The molecule has 0 aromatic carbocycles. The van der Waals surface area contributed by atoms with Crippen LogP contribution in [0, 0.1) is 0 Å². The van der Waals surface area contributed by atoms with Gasteiger partial charge in [0.2, 0.25) is 0 Å². The first-order chi connectivity index (χ1) is 15.3. The van der Waals surface area contributed by atoms with Gasteiger partial charge in [0.1, 0.15) is 16.4 Å². The van der Waals surface area contributed by atoms with Crippen LogP contribution >= 0.6 is 23.1 Å². The number of nitrogens with zero attached hydrogens (tertiary/aromatic N) is 5. The molecule has 8 nitrogen and oxygen atoms in total. The Morgan fingerprint density at radius 3 is 2.87 bits per heavy atom. The highest BCUT2D eigenvalue weighted by molar-refractivity contribution is 7.98. The SMILES string of the molecule is O=c1[nH]c(CSc2nnc(-c3ccncc3)n2C2CC2)nc2scc(-c3ccco3)c12. The fraction of sp³-hybridized carbons (Fsp3) is 0.190. The van der Waals surface area contributed by atoms with Crippen LogP contribution in [0.25, 0.3) is 32.9 Å². The van der Waals surface area contributed by atoms with Crippen molar-refractivity contribution in [2.75, 3.05) is 0 Å². The molecule has 5 aromatic heterocycles. The second-order valence-corrected chi connectivity index (χ2v) is 9.05. The first kappa shape index (κ1) is 18.5. The second-order valence-electron chi connectivity index (χ2n) is 7.25. The molecule has 0 spiro atoms. The van der Waals surface area contributed by atoms with Gasteiger partial charge in [-0.3, -0.25) is 14.3 Å². The molecule has 0 saturated heterocycles. The fourth-order valence-electron chi connectivity index (χ4n) is 3.54. The molecule has 5 aromatic rings. The van der Waals surface area contributed by atoms with Gasteiger partial charge >= 0.3 is 0 Å². The van der Waals surface area contributed by atoms with Gasteiger partial charge < -0.3 is 9.40 Å². The highest BCUT2D eigenvalue weighted by Gasteiger charge is 2.30. The molecule has 10 heteroatoms. The zero-order valence-corrected chi connectivity index (χ0v) is 17.8. The number of H-pyrrole nitrogens is 1. The molecule has 0 aliphatic heterocycles. The van der Waals surface area contributed by atoms with Gasteiger partial charge in [-0.2, -0.15) is 0 Å². The summed E-state index contributed by atoms with van der Waals surface area (Å²) >= 11 is 2.98. The summed E-state index contributed by atoms with van der Waals surface area (Å²) in [4.78, 5) is 25.2. The van der Waals surface area contributed by atoms with Crippen molar-refractivity contribution >= 4 is 33.3 Å². The molecule has 1 aliphatic carbocycles. The van der Waals surface area contributed by atoms with Crippen molar-refractivity contribution in [2.45, 2.75) is 29.8 Å². The van der Waals surface area contributed by atoms with Gasteiger partial charge in [-0.15, -0.1) is 21.5 Å². The Hall–Kier alpha value is -3.24. The summed E-state index contributed by atoms with van der Waals surface area (Å²) in [7, 11) is 0. The van der Waals surface area contributed by atoms with E-state index in [4.69, 9.17) is 4.42 Å². The van der Waals surface area contributed by atoms with E-state index < -0.39 is 0 Å². The molecule has 154 valence electrons. The fourth-order valence-corrected chi connectivity index (χ4v) is 5.37. The molecule has 31 heavy (non-hydrogen) atoms. The van der Waals surface area contributed by atoms with Crippen LogP contribution in [0.1, 0.15) is 24.7 Å². The Morgan fingerprint density at radius 2 is 2.10 bits per heavy atom. The zero-order valence-electron chi connectivity index (χ0n) is 16.2. The normalized spacial score (nSPS) is 13.8. The van der Waals surface area contributed by atoms with E-state index in [1.165, 1.54) is 23.1 Å². The number of furan rings is 1. The number of nitrogens with one attached hydrogen (secondary N) is 1. The van der Waals surface area contributed by atoms with E-state index in [-0.39, 0.29) is 5.56 Å². The summed E-state index contributed by atoms with van der Waals surface area (Å²) in [5.74, 6) is 2.64. The molecule has 1 N–H and O–H groups in total. The van der Waals surface area contributed by atoms with E-state index in [0.717, 1.165) is 34.9 Å². The smallest absolute Gasteiger partial charge is 0.260 e. The Kier molecular flexibility index (Phi) is 4.46. The van der Waals surface area contributed by atoms with Crippen LogP contribution in [0.4, 0.5) is 0 Å². The lowest BCUT2D eigenvalue weighted by Gasteiger charge is -2.08. The van der Waals surface area contributed by atoms with Crippen LogP contribution in [0.3, 0.4) is 0 Å². The summed E-state index contributed by atoms with van der Waals surface area (Å²) in [6, 6.07) is 7.95. The minimum Gasteiger partial charge on any atom is -0.464 e. The number of fused-ring (bicyclic) bond motifs is 1. The highest BCUT2D eigenvalue weighted by Crippen LogP contribution is 2.41. The van der Waals surface area contributed by atoms with Gasteiger partial charge in [-0.05, 0) is 37.1 Å². The lowest BCUT2D eigenvalue weighted by Crippen LogP contribution is -2.11. The Balaban J connectivity index is 1.30. The van der Waals surface area contributed by atoms with E-state index >= 15 is 0 Å². The summed E-state index contributed by atoms with van der Waals surface area (Å²) in [5.41, 5.74) is 1.61. The van der Waals surface area contributed by atoms with Crippen LogP contribution in [-0.4, -0.2) is 29.7 Å². The third-order valence-electron chi connectivity index (χ3n) is 5.13. The highest BCUT2D eigenvalue weighted by atomic mass is 32.2. The van der Waals surface area contributed by atoms with Crippen molar-refractivity contribution in [1.82, 2.24) is 29.7 Å². The monoisotopic (exact) mass is 448 g/mol. The van der Waals surface area contributed by atoms with Gasteiger partial charge in [0.15, 0.2) is 11.0 Å². The average molecular weight is 449 g/mol. The van der Waals surface area contributed by atoms with Crippen LogP contribution in [-0.2, 0) is 5.75 Å². The maximum Gasteiger partial charge on any atom is 0.260 e. The number of rotatable bonds is 6. The van der Waals surface area contributed by atoms with Crippen molar-refractivity contribution in [3.05, 3.63) is 64.5 Å². The van der Waals surface area contributed by atoms with E-state index in [1.807, 2.05) is 29.6 Å². The van der Waals surface area contributed by atoms with Crippen LogP contribution in [0.5, 0.6) is 0 Å². The largest absolute Gasteiger partial charge is 0.464 e. The van der Waals surface area contributed by atoms with Crippen molar-refractivity contribution in [1.29, 1.82) is 0 Å².